The van der Waals surface area contributed by atoms with Gasteiger partial charge in [-0.1, -0.05) is 12.1 Å². The van der Waals surface area contributed by atoms with Crippen LogP contribution in [0, 0.1) is 0 Å². The third-order valence-corrected chi connectivity index (χ3v) is 3.93. The average Bonchev–Trinajstić information content (AvgIpc) is 3.01. The highest BCUT2D eigenvalue weighted by atomic mass is 16.5. The molecule has 1 aliphatic rings. The minimum Gasteiger partial charge on any atom is -0.497 e. The molecule has 1 aromatic rings. The van der Waals surface area contributed by atoms with Crippen molar-refractivity contribution in [2.24, 2.45) is 10.7 Å². The summed E-state index contributed by atoms with van der Waals surface area (Å²) in [5.41, 5.74) is 7.19. The van der Waals surface area contributed by atoms with Gasteiger partial charge in [0, 0.05) is 6.04 Å². The first-order valence-corrected chi connectivity index (χ1v) is 8.04. The van der Waals surface area contributed by atoms with Crippen molar-refractivity contribution in [1.82, 2.24) is 10.2 Å². The van der Waals surface area contributed by atoms with E-state index in [1.54, 1.807) is 7.11 Å². The molecule has 122 valence electrons. The number of benzene rings is 1. The number of ether oxygens (including phenoxy) is 1. The van der Waals surface area contributed by atoms with E-state index in [0.29, 0.717) is 18.5 Å². The molecule has 1 heterocycles. The van der Waals surface area contributed by atoms with Crippen LogP contribution in [0.4, 0.5) is 0 Å². The molecule has 3 N–H and O–H groups in total. The van der Waals surface area contributed by atoms with Crippen molar-refractivity contribution in [3.8, 4) is 5.75 Å². The van der Waals surface area contributed by atoms with Crippen molar-refractivity contribution in [3.63, 3.8) is 0 Å². The molecule has 0 radical (unpaired) electrons. The number of nitrogens with one attached hydrogen (secondary N) is 1. The number of aliphatic imine (C=N–C) groups is 1. The van der Waals surface area contributed by atoms with Crippen molar-refractivity contribution in [2.45, 2.75) is 38.8 Å². The van der Waals surface area contributed by atoms with E-state index in [1.165, 1.54) is 18.4 Å². The maximum Gasteiger partial charge on any atom is 0.188 e. The Morgan fingerprint density at radius 1 is 1.36 bits per heavy atom. The molecule has 0 aromatic heterocycles. The quantitative estimate of drug-likeness (QED) is 0.624. The number of hydrogen-bond donors (Lipinski definition) is 2. The number of rotatable bonds is 6. The van der Waals surface area contributed by atoms with Gasteiger partial charge >= 0.3 is 0 Å². The van der Waals surface area contributed by atoms with E-state index in [9.17, 15) is 0 Å². The van der Waals surface area contributed by atoms with E-state index >= 15 is 0 Å². The van der Waals surface area contributed by atoms with Crippen LogP contribution in [0.5, 0.6) is 5.75 Å². The second-order valence-corrected chi connectivity index (χ2v) is 6.06. The first-order chi connectivity index (χ1) is 10.6. The summed E-state index contributed by atoms with van der Waals surface area (Å²) in [5, 5.41) is 3.15. The van der Waals surface area contributed by atoms with Crippen LogP contribution in [-0.4, -0.2) is 43.6 Å². The third kappa shape index (κ3) is 4.63. The summed E-state index contributed by atoms with van der Waals surface area (Å²) in [6, 6.07) is 8.81. The standard InChI is InChI=1S/C17H28N4O/c1-13(2)20-17(18)19-12-16(21-9-4-5-10-21)14-7-6-8-15(11-14)22-3/h6-8,11,13,16H,4-5,9-10,12H2,1-3H3,(H3,18,19,20). The molecule has 1 fully saturated rings. The Morgan fingerprint density at radius 2 is 2.09 bits per heavy atom. The molecule has 0 bridgehead atoms. The molecule has 1 aromatic carbocycles. The zero-order chi connectivity index (χ0) is 15.9. The molecule has 22 heavy (non-hydrogen) atoms. The summed E-state index contributed by atoms with van der Waals surface area (Å²) in [5.74, 6) is 1.40. The highest BCUT2D eigenvalue weighted by Crippen LogP contribution is 2.27. The predicted molar refractivity (Wildman–Crippen MR) is 91.3 cm³/mol. The molecule has 1 atom stereocenters. The largest absolute Gasteiger partial charge is 0.497 e. The highest BCUT2D eigenvalue weighted by molar-refractivity contribution is 5.78. The molecular weight excluding hydrogens is 276 g/mol. The van der Waals surface area contributed by atoms with Gasteiger partial charge in [-0.05, 0) is 57.5 Å². The summed E-state index contributed by atoms with van der Waals surface area (Å²) in [4.78, 5) is 7.03. The molecule has 0 saturated carbocycles. The first kappa shape index (κ1) is 16.6. The first-order valence-electron chi connectivity index (χ1n) is 8.04. The molecular formula is C17H28N4O. The Kier molecular flexibility index (Phi) is 6.07. The van der Waals surface area contributed by atoms with Gasteiger partial charge in [-0.3, -0.25) is 9.89 Å². The predicted octanol–water partition coefficient (Wildman–Crippen LogP) is 2.14. The molecule has 5 nitrogen and oxygen atoms in total. The van der Waals surface area contributed by atoms with Crippen LogP contribution < -0.4 is 15.8 Å². The van der Waals surface area contributed by atoms with E-state index < -0.39 is 0 Å². The lowest BCUT2D eigenvalue weighted by Crippen LogP contribution is -2.37. The zero-order valence-electron chi connectivity index (χ0n) is 13.9. The van der Waals surface area contributed by atoms with Crippen LogP contribution in [0.3, 0.4) is 0 Å². The van der Waals surface area contributed by atoms with E-state index in [-0.39, 0.29) is 6.04 Å². The van der Waals surface area contributed by atoms with E-state index in [1.807, 2.05) is 12.1 Å². The second-order valence-electron chi connectivity index (χ2n) is 6.06. The van der Waals surface area contributed by atoms with Crippen molar-refractivity contribution in [2.75, 3.05) is 26.7 Å². The summed E-state index contributed by atoms with van der Waals surface area (Å²) >= 11 is 0. The maximum atomic E-state index is 5.95. The lowest BCUT2D eigenvalue weighted by atomic mass is 10.1. The van der Waals surface area contributed by atoms with Crippen molar-refractivity contribution in [1.29, 1.82) is 0 Å². The fourth-order valence-corrected chi connectivity index (χ4v) is 2.86. The summed E-state index contributed by atoms with van der Waals surface area (Å²) < 4.78 is 5.35. The smallest absolute Gasteiger partial charge is 0.188 e. The summed E-state index contributed by atoms with van der Waals surface area (Å²) in [6.07, 6.45) is 2.51. The van der Waals surface area contributed by atoms with Crippen LogP contribution in [0.2, 0.25) is 0 Å². The molecule has 5 heteroatoms. The highest BCUT2D eigenvalue weighted by Gasteiger charge is 2.23. The van der Waals surface area contributed by atoms with Gasteiger partial charge in [0.2, 0.25) is 0 Å². The molecule has 0 aliphatic carbocycles. The molecule has 1 aliphatic heterocycles. The Morgan fingerprint density at radius 3 is 2.73 bits per heavy atom. The Hall–Kier alpha value is -1.75. The van der Waals surface area contributed by atoms with Gasteiger partial charge in [-0.25, -0.2) is 0 Å². The molecule has 0 amide bonds. The fourth-order valence-electron chi connectivity index (χ4n) is 2.86. The van der Waals surface area contributed by atoms with Gasteiger partial charge in [0.25, 0.3) is 0 Å². The van der Waals surface area contributed by atoms with E-state index in [2.05, 4.69) is 41.2 Å². The SMILES string of the molecule is COc1cccc(C(CN=C(N)NC(C)C)N2CCCC2)c1. The van der Waals surface area contributed by atoms with Crippen LogP contribution in [0.1, 0.15) is 38.3 Å². The van der Waals surface area contributed by atoms with Gasteiger partial charge < -0.3 is 15.8 Å². The number of nitrogens with two attached hydrogens (primary N) is 1. The van der Waals surface area contributed by atoms with Crippen molar-refractivity contribution in [3.05, 3.63) is 29.8 Å². The minimum absolute atomic E-state index is 0.255. The third-order valence-electron chi connectivity index (χ3n) is 3.93. The normalized spacial score (nSPS) is 17.7. The van der Waals surface area contributed by atoms with Gasteiger partial charge in [0.15, 0.2) is 5.96 Å². The number of likely N-dealkylation sites (tertiary alicyclic amines) is 1. The van der Waals surface area contributed by atoms with Gasteiger partial charge in [-0.2, -0.15) is 0 Å². The number of hydrogen-bond acceptors (Lipinski definition) is 3. The summed E-state index contributed by atoms with van der Waals surface area (Å²) in [7, 11) is 1.70. The summed E-state index contributed by atoms with van der Waals surface area (Å²) in [6.45, 7) is 7.02. The monoisotopic (exact) mass is 304 g/mol. The molecule has 0 spiro atoms. The average molecular weight is 304 g/mol. The fraction of sp³-hybridized carbons (Fsp3) is 0.588. The van der Waals surface area contributed by atoms with Crippen LogP contribution in [0.15, 0.2) is 29.3 Å². The van der Waals surface area contributed by atoms with Crippen molar-refractivity contribution < 1.29 is 4.74 Å². The second kappa shape index (κ2) is 8.03. The van der Waals surface area contributed by atoms with Crippen LogP contribution in [-0.2, 0) is 0 Å². The lowest BCUT2D eigenvalue weighted by molar-refractivity contribution is 0.251. The van der Waals surface area contributed by atoms with Crippen LogP contribution >= 0.6 is 0 Å². The zero-order valence-corrected chi connectivity index (χ0v) is 13.9. The van der Waals surface area contributed by atoms with Gasteiger partial charge in [-0.15, -0.1) is 0 Å². The minimum atomic E-state index is 0.255. The molecule has 2 rings (SSSR count). The topological polar surface area (TPSA) is 62.9 Å². The molecule has 1 saturated heterocycles. The van der Waals surface area contributed by atoms with Gasteiger partial charge in [0.1, 0.15) is 5.75 Å². The number of nitrogens with zero attached hydrogens (tertiary/aromatic N) is 2. The van der Waals surface area contributed by atoms with Crippen LogP contribution in [0.25, 0.3) is 0 Å². The Bertz CT molecular complexity index is 495. The lowest BCUT2D eigenvalue weighted by Gasteiger charge is -2.27. The number of methoxy groups -OCH3 is 1. The number of guanidine groups is 1. The Labute approximate surface area is 133 Å². The van der Waals surface area contributed by atoms with Gasteiger partial charge in [0.05, 0.1) is 19.7 Å². The Balaban J connectivity index is 2.15. The van der Waals surface area contributed by atoms with E-state index in [4.69, 9.17) is 10.5 Å². The van der Waals surface area contributed by atoms with E-state index in [0.717, 1.165) is 18.8 Å². The molecule has 1 unspecified atom stereocenters. The van der Waals surface area contributed by atoms with Crippen molar-refractivity contribution >= 4 is 5.96 Å². The maximum absolute atomic E-state index is 5.95.